The maximum atomic E-state index is 10.9. The van der Waals surface area contributed by atoms with Gasteiger partial charge in [-0.1, -0.05) is 12.1 Å². The van der Waals surface area contributed by atoms with Gasteiger partial charge in [0.15, 0.2) is 0 Å². The van der Waals surface area contributed by atoms with Crippen molar-refractivity contribution in [3.63, 3.8) is 0 Å². The van der Waals surface area contributed by atoms with Gasteiger partial charge in [-0.25, -0.2) is 4.79 Å². The average molecular weight is 205 g/mol. The van der Waals surface area contributed by atoms with Gasteiger partial charge >= 0.3 is 5.97 Å². The van der Waals surface area contributed by atoms with Crippen molar-refractivity contribution in [1.29, 1.82) is 0 Å². The minimum atomic E-state index is -0.497. The number of rotatable bonds is 3. The van der Waals surface area contributed by atoms with E-state index in [1.54, 1.807) is 30.3 Å². The number of amides is 1. The Bertz CT molecular complexity index is 410. The molecule has 1 rings (SSSR count). The second-order valence-corrected chi connectivity index (χ2v) is 2.85. The fourth-order valence-electron chi connectivity index (χ4n) is 1.03. The minimum absolute atomic E-state index is 0.405. The van der Waals surface area contributed by atoms with E-state index < -0.39 is 11.9 Å². The zero-order chi connectivity index (χ0) is 11.3. The molecule has 0 bridgehead atoms. The van der Waals surface area contributed by atoms with E-state index in [1.165, 1.54) is 13.2 Å². The van der Waals surface area contributed by atoms with Crippen molar-refractivity contribution >= 4 is 18.0 Å². The van der Waals surface area contributed by atoms with Crippen LogP contribution in [0.2, 0.25) is 0 Å². The predicted molar refractivity (Wildman–Crippen MR) is 56.0 cm³/mol. The minimum Gasteiger partial charge on any atom is -0.466 e. The molecule has 1 amide bonds. The van der Waals surface area contributed by atoms with Crippen LogP contribution in [0.5, 0.6) is 0 Å². The monoisotopic (exact) mass is 205 g/mol. The van der Waals surface area contributed by atoms with E-state index in [-0.39, 0.29) is 0 Å². The van der Waals surface area contributed by atoms with Crippen LogP contribution in [0.3, 0.4) is 0 Å². The van der Waals surface area contributed by atoms with Crippen LogP contribution in [0.1, 0.15) is 15.9 Å². The van der Waals surface area contributed by atoms with Crippen LogP contribution in [-0.2, 0) is 9.53 Å². The Morgan fingerprint density at radius 2 is 2.13 bits per heavy atom. The summed E-state index contributed by atoms with van der Waals surface area (Å²) >= 11 is 0. The fourth-order valence-corrected chi connectivity index (χ4v) is 1.03. The molecule has 0 aliphatic rings. The molecule has 4 nitrogen and oxygen atoms in total. The molecule has 0 aromatic heterocycles. The van der Waals surface area contributed by atoms with Gasteiger partial charge < -0.3 is 10.5 Å². The lowest BCUT2D eigenvalue weighted by molar-refractivity contribution is -0.134. The molecule has 0 saturated carbocycles. The maximum Gasteiger partial charge on any atom is 0.330 e. The molecule has 0 fully saturated rings. The van der Waals surface area contributed by atoms with Gasteiger partial charge in [0.1, 0.15) is 0 Å². The van der Waals surface area contributed by atoms with Gasteiger partial charge in [0.2, 0.25) is 5.91 Å². The van der Waals surface area contributed by atoms with Crippen molar-refractivity contribution in [2.24, 2.45) is 5.73 Å². The molecule has 0 spiro atoms. The predicted octanol–water partition coefficient (Wildman–Crippen LogP) is 0.972. The molecule has 78 valence electrons. The summed E-state index contributed by atoms with van der Waals surface area (Å²) in [6.07, 6.45) is 2.83. The van der Waals surface area contributed by atoms with Crippen LogP contribution in [0.25, 0.3) is 6.08 Å². The molecular formula is C11H11NO3. The SMILES string of the molecule is COC(=O)/C=C/c1cccc(C(N)=O)c1. The van der Waals surface area contributed by atoms with Gasteiger partial charge in [-0.05, 0) is 23.8 Å². The standard InChI is InChI=1S/C11H11NO3/c1-15-10(13)6-5-8-3-2-4-9(7-8)11(12)14/h2-7H,1H3,(H2,12,14)/b6-5+. The summed E-state index contributed by atoms with van der Waals surface area (Å²) in [4.78, 5) is 21.7. The van der Waals surface area contributed by atoms with Crippen LogP contribution >= 0.6 is 0 Å². The molecule has 4 heteroatoms. The highest BCUT2D eigenvalue weighted by Crippen LogP contribution is 2.06. The number of hydrogen-bond donors (Lipinski definition) is 1. The fraction of sp³-hybridized carbons (Fsp3) is 0.0909. The third-order valence-corrected chi connectivity index (χ3v) is 1.78. The third kappa shape index (κ3) is 3.27. The first-order valence-corrected chi connectivity index (χ1v) is 4.29. The Hall–Kier alpha value is -2.10. The zero-order valence-electron chi connectivity index (χ0n) is 8.27. The van der Waals surface area contributed by atoms with Crippen LogP contribution in [0.15, 0.2) is 30.3 Å². The highest BCUT2D eigenvalue weighted by molar-refractivity contribution is 5.94. The summed E-state index contributed by atoms with van der Waals surface area (Å²) in [5.41, 5.74) is 6.23. The van der Waals surface area contributed by atoms with Gasteiger partial charge in [-0.15, -0.1) is 0 Å². The van der Waals surface area contributed by atoms with Crippen LogP contribution < -0.4 is 5.73 Å². The van der Waals surface area contributed by atoms with E-state index in [0.717, 1.165) is 5.56 Å². The molecule has 0 saturated heterocycles. The average Bonchev–Trinajstić information content (AvgIpc) is 2.26. The molecule has 0 aliphatic heterocycles. The van der Waals surface area contributed by atoms with Gasteiger partial charge in [0.25, 0.3) is 0 Å². The van der Waals surface area contributed by atoms with E-state index >= 15 is 0 Å². The molecule has 0 aliphatic carbocycles. The number of methoxy groups -OCH3 is 1. The Balaban J connectivity index is 2.87. The first kappa shape index (κ1) is 11.0. The van der Waals surface area contributed by atoms with Gasteiger partial charge in [-0.3, -0.25) is 4.79 Å². The topological polar surface area (TPSA) is 69.4 Å². The van der Waals surface area contributed by atoms with Crippen molar-refractivity contribution in [2.45, 2.75) is 0 Å². The van der Waals surface area contributed by atoms with Crippen molar-refractivity contribution in [3.8, 4) is 0 Å². The van der Waals surface area contributed by atoms with E-state index in [2.05, 4.69) is 4.74 Å². The molecule has 2 N–H and O–H groups in total. The normalized spacial score (nSPS) is 10.2. The number of benzene rings is 1. The van der Waals surface area contributed by atoms with Crippen LogP contribution in [0.4, 0.5) is 0 Å². The molecule has 15 heavy (non-hydrogen) atoms. The Morgan fingerprint density at radius 3 is 2.73 bits per heavy atom. The summed E-state index contributed by atoms with van der Waals surface area (Å²) in [6.45, 7) is 0. The number of primary amides is 1. The largest absolute Gasteiger partial charge is 0.466 e. The van der Waals surface area contributed by atoms with Crippen molar-refractivity contribution in [2.75, 3.05) is 7.11 Å². The maximum absolute atomic E-state index is 10.9. The summed E-state index contributed by atoms with van der Waals surface area (Å²) in [5, 5.41) is 0. The van der Waals surface area contributed by atoms with E-state index in [1.807, 2.05) is 0 Å². The van der Waals surface area contributed by atoms with Crippen LogP contribution in [0, 0.1) is 0 Å². The molecule has 0 atom stereocenters. The Labute approximate surface area is 87.3 Å². The lowest BCUT2D eigenvalue weighted by atomic mass is 10.1. The zero-order valence-corrected chi connectivity index (χ0v) is 8.27. The van der Waals surface area contributed by atoms with Crippen LogP contribution in [-0.4, -0.2) is 19.0 Å². The summed E-state index contributed by atoms with van der Waals surface area (Å²) in [7, 11) is 1.30. The van der Waals surface area contributed by atoms with E-state index in [9.17, 15) is 9.59 Å². The lowest BCUT2D eigenvalue weighted by Crippen LogP contribution is -2.10. The highest BCUT2D eigenvalue weighted by Gasteiger charge is 1.99. The van der Waals surface area contributed by atoms with E-state index in [0.29, 0.717) is 5.56 Å². The Morgan fingerprint density at radius 1 is 1.40 bits per heavy atom. The van der Waals surface area contributed by atoms with Crippen molar-refractivity contribution in [3.05, 3.63) is 41.5 Å². The number of carbonyl (C=O) groups is 2. The second kappa shape index (κ2) is 4.95. The summed E-state index contributed by atoms with van der Waals surface area (Å²) in [5.74, 6) is -0.942. The number of ether oxygens (including phenoxy) is 1. The smallest absolute Gasteiger partial charge is 0.330 e. The number of carbonyl (C=O) groups excluding carboxylic acids is 2. The highest BCUT2D eigenvalue weighted by atomic mass is 16.5. The molecule has 1 aromatic rings. The van der Waals surface area contributed by atoms with Gasteiger partial charge in [0.05, 0.1) is 7.11 Å². The van der Waals surface area contributed by atoms with Gasteiger partial charge in [0, 0.05) is 11.6 Å². The third-order valence-electron chi connectivity index (χ3n) is 1.78. The molecule has 0 heterocycles. The molecule has 0 radical (unpaired) electrons. The lowest BCUT2D eigenvalue weighted by Gasteiger charge is -1.97. The van der Waals surface area contributed by atoms with Crippen molar-refractivity contribution < 1.29 is 14.3 Å². The summed E-state index contributed by atoms with van der Waals surface area (Å²) < 4.78 is 4.43. The van der Waals surface area contributed by atoms with Crippen molar-refractivity contribution in [1.82, 2.24) is 0 Å². The summed E-state index contributed by atoms with van der Waals surface area (Å²) in [6, 6.07) is 6.66. The number of hydrogen-bond acceptors (Lipinski definition) is 3. The number of nitrogens with two attached hydrogens (primary N) is 1. The molecule has 1 aromatic carbocycles. The quantitative estimate of drug-likeness (QED) is 0.590. The van der Waals surface area contributed by atoms with E-state index in [4.69, 9.17) is 5.73 Å². The molecule has 0 unspecified atom stereocenters. The first-order chi connectivity index (χ1) is 7.13. The Kier molecular flexibility index (Phi) is 3.62. The number of esters is 1. The second-order valence-electron chi connectivity index (χ2n) is 2.85. The van der Waals surface area contributed by atoms with Gasteiger partial charge in [-0.2, -0.15) is 0 Å². The first-order valence-electron chi connectivity index (χ1n) is 4.29. The molecular weight excluding hydrogens is 194 g/mol.